The van der Waals surface area contributed by atoms with Gasteiger partial charge in [-0.25, -0.2) is 9.59 Å². The van der Waals surface area contributed by atoms with E-state index in [1.807, 2.05) is 6.08 Å². The summed E-state index contributed by atoms with van der Waals surface area (Å²) in [5.74, 6) is -4.33. The van der Waals surface area contributed by atoms with Crippen LogP contribution in [0, 0.1) is 5.41 Å². The molecule has 190 valence electrons. The van der Waals surface area contributed by atoms with Gasteiger partial charge in [-0.15, -0.1) is 0 Å². The fourth-order valence-electron chi connectivity index (χ4n) is 3.60. The molecule has 0 saturated carbocycles. The molecule has 1 heterocycles. The number of carboxylic acids is 2. The Morgan fingerprint density at radius 3 is 2.51 bits per heavy atom. The number of phenols is 1. The van der Waals surface area contributed by atoms with Crippen LogP contribution >= 0.6 is 0 Å². The van der Waals surface area contributed by atoms with E-state index >= 15 is 0 Å². The molecule has 11 N–H and O–H groups in total. The van der Waals surface area contributed by atoms with Gasteiger partial charge < -0.3 is 42.7 Å². The van der Waals surface area contributed by atoms with Gasteiger partial charge in [0.15, 0.2) is 6.04 Å². The summed E-state index contributed by atoms with van der Waals surface area (Å²) >= 11 is 0. The second-order valence-electron chi connectivity index (χ2n) is 8.05. The zero-order chi connectivity index (χ0) is 26.1. The monoisotopic (exact) mass is 490 g/mol. The maximum Gasteiger partial charge on any atom is 0.339 e. The highest BCUT2D eigenvalue weighted by atomic mass is 16.4. The van der Waals surface area contributed by atoms with Gasteiger partial charge in [0, 0.05) is 19.5 Å². The zero-order valence-electron chi connectivity index (χ0n) is 18.9. The standard InChI is InChI=1S/C22H30N6O7/c23-14(9-12-6-8-26-17(12)19(24)25)20(31)27-7-2-1-3-16(30)28-18(22(34)35)11-4-5-13(21(32)33)15(29)10-11/h4-6,10,14,17-18,26,29H,1-3,7-9,23H2,(H3,24,25)(H,27,31)(H,28,30)(H,32,33)(H,34,35). The molecule has 1 aliphatic rings. The zero-order valence-corrected chi connectivity index (χ0v) is 18.9. The molecule has 0 saturated heterocycles. The molecular formula is C22H30N6O7. The van der Waals surface area contributed by atoms with E-state index in [0.717, 1.165) is 17.7 Å². The lowest BCUT2D eigenvalue weighted by molar-refractivity contribution is -0.142. The molecule has 0 radical (unpaired) electrons. The van der Waals surface area contributed by atoms with Crippen LogP contribution < -0.4 is 27.4 Å². The number of benzene rings is 1. The van der Waals surface area contributed by atoms with E-state index < -0.39 is 41.7 Å². The Hall–Kier alpha value is -3.97. The summed E-state index contributed by atoms with van der Waals surface area (Å²) in [6.45, 7) is 0.813. The minimum absolute atomic E-state index is 0.0102. The van der Waals surface area contributed by atoms with Gasteiger partial charge in [0.1, 0.15) is 17.1 Å². The molecular weight excluding hydrogens is 460 g/mol. The smallest absolute Gasteiger partial charge is 0.339 e. The number of nitrogens with two attached hydrogens (primary N) is 2. The molecule has 1 aromatic rings. The van der Waals surface area contributed by atoms with Crippen LogP contribution in [0.15, 0.2) is 29.8 Å². The van der Waals surface area contributed by atoms with Gasteiger partial charge in [-0.05, 0) is 42.5 Å². The summed E-state index contributed by atoms with van der Waals surface area (Å²) in [5.41, 5.74) is 11.9. The molecule has 13 heteroatoms. The number of aromatic hydroxyl groups is 1. The van der Waals surface area contributed by atoms with E-state index in [1.165, 1.54) is 6.07 Å². The van der Waals surface area contributed by atoms with Gasteiger partial charge in [-0.3, -0.25) is 15.0 Å². The molecule has 2 amide bonds. The van der Waals surface area contributed by atoms with E-state index in [0.29, 0.717) is 19.4 Å². The molecule has 13 nitrogen and oxygen atoms in total. The van der Waals surface area contributed by atoms with Crippen LogP contribution in [-0.4, -0.2) is 70.1 Å². The number of carboxylic acid groups (broad SMARTS) is 2. The van der Waals surface area contributed by atoms with Gasteiger partial charge in [-0.2, -0.15) is 0 Å². The van der Waals surface area contributed by atoms with Crippen LogP contribution in [0.25, 0.3) is 0 Å². The number of aliphatic carboxylic acids is 1. The van der Waals surface area contributed by atoms with Crippen LogP contribution in [0.3, 0.4) is 0 Å². The average molecular weight is 491 g/mol. The number of carbonyl (C=O) groups is 4. The summed E-state index contributed by atoms with van der Waals surface area (Å²) in [5, 5.41) is 43.7. The lowest BCUT2D eigenvalue weighted by atomic mass is 10.0. The molecule has 2 rings (SSSR count). The first kappa shape index (κ1) is 27.3. The van der Waals surface area contributed by atoms with Crippen molar-refractivity contribution in [3.05, 3.63) is 41.0 Å². The van der Waals surface area contributed by atoms with Crippen molar-refractivity contribution in [2.45, 2.75) is 43.8 Å². The number of aromatic carboxylic acids is 1. The average Bonchev–Trinajstić information content (AvgIpc) is 3.24. The number of amidine groups is 1. The van der Waals surface area contributed by atoms with Gasteiger partial charge >= 0.3 is 11.9 Å². The Balaban J connectivity index is 1.75. The Labute approximate surface area is 201 Å². The number of rotatable bonds is 13. The highest BCUT2D eigenvalue weighted by Crippen LogP contribution is 2.23. The fourth-order valence-corrected chi connectivity index (χ4v) is 3.60. The third kappa shape index (κ3) is 7.79. The van der Waals surface area contributed by atoms with Crippen LogP contribution in [-0.2, 0) is 14.4 Å². The van der Waals surface area contributed by atoms with Crippen LogP contribution in [0.4, 0.5) is 0 Å². The highest BCUT2D eigenvalue weighted by molar-refractivity contribution is 5.91. The number of carbonyl (C=O) groups excluding carboxylic acids is 2. The maximum atomic E-state index is 12.2. The van der Waals surface area contributed by atoms with E-state index in [1.54, 1.807) is 0 Å². The lowest BCUT2D eigenvalue weighted by Gasteiger charge is -2.18. The van der Waals surface area contributed by atoms with Crippen molar-refractivity contribution in [3.63, 3.8) is 0 Å². The number of unbranched alkanes of at least 4 members (excludes halogenated alkanes) is 1. The number of nitrogens with one attached hydrogen (secondary N) is 4. The van der Waals surface area contributed by atoms with Gasteiger partial charge in [0.05, 0.1) is 12.1 Å². The summed E-state index contributed by atoms with van der Waals surface area (Å²) in [6.07, 6.45) is 2.90. The third-order valence-electron chi connectivity index (χ3n) is 5.43. The van der Waals surface area contributed by atoms with Gasteiger partial charge in [0.25, 0.3) is 0 Å². The van der Waals surface area contributed by atoms with Crippen molar-refractivity contribution in [2.24, 2.45) is 11.5 Å². The van der Waals surface area contributed by atoms with Crippen molar-refractivity contribution in [3.8, 4) is 5.75 Å². The van der Waals surface area contributed by atoms with Crippen molar-refractivity contribution >= 4 is 29.6 Å². The first-order valence-corrected chi connectivity index (χ1v) is 10.9. The fraction of sp³-hybridized carbons (Fsp3) is 0.409. The molecule has 1 aliphatic heterocycles. The maximum absolute atomic E-state index is 12.2. The Morgan fingerprint density at radius 1 is 1.20 bits per heavy atom. The molecule has 35 heavy (non-hydrogen) atoms. The van der Waals surface area contributed by atoms with Crippen LogP contribution in [0.2, 0.25) is 0 Å². The molecule has 0 spiro atoms. The second kappa shape index (κ2) is 12.5. The third-order valence-corrected chi connectivity index (χ3v) is 5.43. The first-order valence-electron chi connectivity index (χ1n) is 10.9. The van der Waals surface area contributed by atoms with Crippen molar-refractivity contribution in [1.82, 2.24) is 16.0 Å². The van der Waals surface area contributed by atoms with Crippen LogP contribution in [0.5, 0.6) is 5.75 Å². The predicted molar refractivity (Wildman–Crippen MR) is 125 cm³/mol. The largest absolute Gasteiger partial charge is 0.507 e. The molecule has 1 aromatic carbocycles. The van der Waals surface area contributed by atoms with Gasteiger partial charge in [0.2, 0.25) is 11.8 Å². The lowest BCUT2D eigenvalue weighted by Crippen LogP contribution is -2.44. The number of hydrogen-bond acceptors (Lipinski definition) is 8. The molecule has 0 aromatic heterocycles. The highest BCUT2D eigenvalue weighted by Gasteiger charge is 2.26. The van der Waals surface area contributed by atoms with E-state index in [-0.39, 0.29) is 42.3 Å². The molecule has 0 fully saturated rings. The Morgan fingerprint density at radius 2 is 1.91 bits per heavy atom. The predicted octanol–water partition coefficient (Wildman–Crippen LogP) is -0.830. The number of hydrogen-bond donors (Lipinski definition) is 9. The minimum atomic E-state index is -1.47. The van der Waals surface area contributed by atoms with E-state index in [4.69, 9.17) is 22.0 Å². The SMILES string of the molecule is N=C(N)C1NCC=C1CC(N)C(=O)NCCCCC(=O)NC(C(=O)O)c1ccc(C(=O)O)c(O)c1. The van der Waals surface area contributed by atoms with Gasteiger partial charge in [-0.1, -0.05) is 12.1 Å². The normalized spacial score (nSPS) is 16.6. The minimum Gasteiger partial charge on any atom is -0.507 e. The first-order chi connectivity index (χ1) is 16.5. The Kier molecular flexibility index (Phi) is 9.73. The molecule has 3 unspecified atom stereocenters. The van der Waals surface area contributed by atoms with Crippen molar-refractivity contribution in [2.75, 3.05) is 13.1 Å². The molecule has 0 aliphatic carbocycles. The van der Waals surface area contributed by atoms with Crippen LogP contribution in [0.1, 0.15) is 47.6 Å². The summed E-state index contributed by atoms with van der Waals surface area (Å²) in [6, 6.07) is 0.553. The van der Waals surface area contributed by atoms with Crippen molar-refractivity contribution in [1.29, 1.82) is 5.41 Å². The summed E-state index contributed by atoms with van der Waals surface area (Å²) in [4.78, 5) is 46.9. The summed E-state index contributed by atoms with van der Waals surface area (Å²) in [7, 11) is 0. The second-order valence-corrected chi connectivity index (χ2v) is 8.05. The van der Waals surface area contributed by atoms with E-state index in [2.05, 4.69) is 16.0 Å². The quantitative estimate of drug-likeness (QED) is 0.0719. The molecule has 0 bridgehead atoms. The van der Waals surface area contributed by atoms with Crippen molar-refractivity contribution < 1.29 is 34.5 Å². The Bertz CT molecular complexity index is 1030. The topological polar surface area (TPSA) is 241 Å². The van der Waals surface area contributed by atoms with E-state index in [9.17, 15) is 29.4 Å². The molecule has 3 atom stereocenters. The number of amides is 2. The summed E-state index contributed by atoms with van der Waals surface area (Å²) < 4.78 is 0.